The Morgan fingerprint density at radius 1 is 1.46 bits per heavy atom. The zero-order valence-corrected chi connectivity index (χ0v) is 7.07. The molecule has 13 heavy (non-hydrogen) atoms. The van der Waals surface area contributed by atoms with E-state index in [1.165, 1.54) is 0 Å². The van der Waals surface area contributed by atoms with Crippen LogP contribution in [0.15, 0.2) is 18.5 Å². The van der Waals surface area contributed by atoms with Gasteiger partial charge < -0.3 is 4.98 Å². The molecule has 4 nitrogen and oxygen atoms in total. The first-order chi connectivity index (χ1) is 6.36. The molecule has 0 amide bonds. The van der Waals surface area contributed by atoms with Crippen molar-refractivity contribution in [1.29, 1.82) is 0 Å². The van der Waals surface area contributed by atoms with E-state index in [2.05, 4.69) is 21.3 Å². The van der Waals surface area contributed by atoms with Crippen LogP contribution in [0.3, 0.4) is 0 Å². The lowest BCUT2D eigenvalue weighted by molar-refractivity contribution is 1.16. The number of nitrogens with one attached hydrogen (secondary N) is 1. The van der Waals surface area contributed by atoms with Crippen LogP contribution >= 0.6 is 0 Å². The van der Waals surface area contributed by atoms with Gasteiger partial charge in [-0.1, -0.05) is 0 Å². The average Bonchev–Trinajstić information content (AvgIpc) is 2.70. The van der Waals surface area contributed by atoms with Crippen molar-refractivity contribution in [2.45, 2.75) is 6.92 Å². The van der Waals surface area contributed by atoms with Crippen molar-refractivity contribution in [2.24, 2.45) is 0 Å². The molecule has 0 unspecified atom stereocenters. The summed E-state index contributed by atoms with van der Waals surface area (Å²) in [6, 6.07) is 1.97. The first-order valence-electron chi connectivity index (χ1n) is 4.05. The molecule has 3 aromatic heterocycles. The van der Waals surface area contributed by atoms with Gasteiger partial charge in [0.2, 0.25) is 0 Å². The highest BCUT2D eigenvalue weighted by Gasteiger charge is 2.04. The third kappa shape index (κ3) is 0.744. The molecule has 1 N–H and O–H groups in total. The van der Waals surface area contributed by atoms with E-state index < -0.39 is 0 Å². The lowest BCUT2D eigenvalue weighted by atomic mass is 10.4. The summed E-state index contributed by atoms with van der Waals surface area (Å²) in [5, 5.41) is 0. The second kappa shape index (κ2) is 2.10. The minimum Gasteiger partial charge on any atom is -0.345 e. The quantitative estimate of drug-likeness (QED) is 0.554. The monoisotopic (exact) mass is 171 g/mol. The van der Waals surface area contributed by atoms with E-state index in [-0.39, 0.29) is 0 Å². The third-order valence-corrected chi connectivity index (χ3v) is 2.19. The predicted octanol–water partition coefficient (Wildman–Crippen LogP) is 1.32. The summed E-state index contributed by atoms with van der Waals surface area (Å²) in [5.74, 6) is 0. The highest BCUT2D eigenvalue weighted by atomic mass is 15.0. The molecular weight excluding hydrogens is 164 g/mol. The van der Waals surface area contributed by atoms with Crippen molar-refractivity contribution in [3.63, 3.8) is 0 Å². The van der Waals surface area contributed by atoms with Crippen LogP contribution < -0.4 is 0 Å². The number of rotatable bonds is 0. The number of nitrogens with zero attached hydrogens (tertiary/aromatic N) is 3. The number of hydrogen-bond donors (Lipinski definition) is 1. The van der Waals surface area contributed by atoms with E-state index in [1.54, 1.807) is 6.20 Å². The molecule has 3 aromatic rings. The minimum atomic E-state index is 0.862. The second-order valence-corrected chi connectivity index (χ2v) is 2.99. The molecule has 1 radical (unpaired) electrons. The Hall–Kier alpha value is -1.84. The molecule has 0 saturated carbocycles. The number of hydrogen-bond acceptors (Lipinski definition) is 2. The molecule has 0 saturated heterocycles. The fraction of sp³-hybridized carbons (Fsp3) is 0.111. The lowest BCUT2D eigenvalue weighted by Crippen LogP contribution is -1.87. The fourth-order valence-electron chi connectivity index (χ4n) is 1.49. The van der Waals surface area contributed by atoms with Gasteiger partial charge in [-0.2, -0.15) is 0 Å². The van der Waals surface area contributed by atoms with Crippen LogP contribution in [0, 0.1) is 13.3 Å². The Bertz CT molecular complexity index is 575. The maximum Gasteiger partial charge on any atom is 0.182 e. The number of aromatic nitrogens is 4. The molecule has 0 aliphatic carbocycles. The molecule has 0 aliphatic heterocycles. The van der Waals surface area contributed by atoms with Crippen molar-refractivity contribution in [3.8, 4) is 0 Å². The van der Waals surface area contributed by atoms with E-state index >= 15 is 0 Å². The topological polar surface area (TPSA) is 46.0 Å². The molecule has 0 aromatic carbocycles. The molecule has 0 fully saturated rings. The van der Waals surface area contributed by atoms with Crippen LogP contribution in [0.1, 0.15) is 5.69 Å². The Kier molecular flexibility index (Phi) is 1.07. The maximum atomic E-state index is 4.27. The molecule has 3 rings (SSSR count). The van der Waals surface area contributed by atoms with Gasteiger partial charge in [0.1, 0.15) is 0 Å². The molecule has 4 heteroatoms. The van der Waals surface area contributed by atoms with E-state index in [9.17, 15) is 0 Å². The number of aromatic amines is 1. The van der Waals surface area contributed by atoms with Gasteiger partial charge in [0, 0.05) is 6.20 Å². The summed E-state index contributed by atoms with van der Waals surface area (Å²) in [7, 11) is 0. The predicted molar refractivity (Wildman–Crippen MR) is 48.4 cm³/mol. The van der Waals surface area contributed by atoms with Crippen LogP contribution in [0.2, 0.25) is 0 Å². The molecule has 0 spiro atoms. The maximum absolute atomic E-state index is 4.27. The standard InChI is InChI=1S/C9H7N4/c1-6-8-4-11-9-7(2-3-10-9)13(8)5-12-6/h2-4,10H,1H3. The number of imidazole rings is 1. The summed E-state index contributed by atoms with van der Waals surface area (Å²) in [5.41, 5.74) is 3.84. The van der Waals surface area contributed by atoms with Crippen LogP contribution in [-0.4, -0.2) is 19.4 Å². The van der Waals surface area contributed by atoms with E-state index in [4.69, 9.17) is 0 Å². The first-order valence-corrected chi connectivity index (χ1v) is 4.05. The van der Waals surface area contributed by atoms with Gasteiger partial charge >= 0.3 is 0 Å². The Balaban J connectivity index is 2.66. The summed E-state index contributed by atoms with van der Waals surface area (Å²) in [4.78, 5) is 11.4. The zero-order valence-electron chi connectivity index (χ0n) is 7.07. The van der Waals surface area contributed by atoms with Crippen molar-refractivity contribution in [1.82, 2.24) is 19.4 Å². The zero-order chi connectivity index (χ0) is 8.84. The summed E-state index contributed by atoms with van der Waals surface area (Å²) < 4.78 is 1.91. The molecule has 3 heterocycles. The van der Waals surface area contributed by atoms with Crippen molar-refractivity contribution in [2.75, 3.05) is 0 Å². The smallest absolute Gasteiger partial charge is 0.182 e. The van der Waals surface area contributed by atoms with E-state index in [0.29, 0.717) is 0 Å². The normalized spacial score (nSPS) is 11.5. The van der Waals surface area contributed by atoms with Gasteiger partial charge in [-0.15, -0.1) is 0 Å². The van der Waals surface area contributed by atoms with Gasteiger partial charge in [-0.3, -0.25) is 4.40 Å². The number of H-pyrrole nitrogens is 1. The largest absolute Gasteiger partial charge is 0.345 e. The van der Waals surface area contributed by atoms with Crippen LogP contribution in [0.4, 0.5) is 0 Å². The van der Waals surface area contributed by atoms with Gasteiger partial charge in [0.15, 0.2) is 12.0 Å². The van der Waals surface area contributed by atoms with E-state index in [1.807, 2.05) is 23.6 Å². The molecular formula is C9H7N4. The van der Waals surface area contributed by atoms with Crippen molar-refractivity contribution < 1.29 is 0 Å². The second-order valence-electron chi connectivity index (χ2n) is 2.99. The molecule has 0 aliphatic rings. The Morgan fingerprint density at radius 2 is 2.38 bits per heavy atom. The summed E-state index contributed by atoms with van der Waals surface area (Å²) >= 11 is 0. The molecule has 0 atom stereocenters. The Labute approximate surface area is 74.2 Å². The van der Waals surface area contributed by atoms with Crippen molar-refractivity contribution in [3.05, 3.63) is 30.5 Å². The van der Waals surface area contributed by atoms with Gasteiger partial charge in [-0.25, -0.2) is 9.97 Å². The molecule has 0 bridgehead atoms. The Morgan fingerprint density at radius 3 is 3.31 bits per heavy atom. The van der Waals surface area contributed by atoms with Gasteiger partial charge in [-0.05, 0) is 13.0 Å². The highest BCUT2D eigenvalue weighted by Crippen LogP contribution is 2.14. The lowest BCUT2D eigenvalue weighted by Gasteiger charge is -1.94. The van der Waals surface area contributed by atoms with Crippen LogP contribution in [0.5, 0.6) is 0 Å². The first kappa shape index (κ1) is 6.65. The van der Waals surface area contributed by atoms with E-state index in [0.717, 1.165) is 22.4 Å². The average molecular weight is 171 g/mol. The summed E-state index contributed by atoms with van der Waals surface area (Å²) in [6.07, 6.45) is 6.59. The fourth-order valence-corrected chi connectivity index (χ4v) is 1.49. The summed E-state index contributed by atoms with van der Waals surface area (Å²) in [6.45, 7) is 1.95. The third-order valence-electron chi connectivity index (χ3n) is 2.19. The highest BCUT2D eigenvalue weighted by molar-refractivity contribution is 5.75. The number of fused-ring (bicyclic) bond motifs is 3. The van der Waals surface area contributed by atoms with Crippen LogP contribution in [-0.2, 0) is 0 Å². The minimum absolute atomic E-state index is 0.862. The number of aryl methyl sites for hydroxylation is 1. The van der Waals surface area contributed by atoms with Crippen molar-refractivity contribution >= 4 is 16.7 Å². The molecule has 63 valence electrons. The van der Waals surface area contributed by atoms with Gasteiger partial charge in [0.25, 0.3) is 0 Å². The van der Waals surface area contributed by atoms with Gasteiger partial charge in [0.05, 0.1) is 22.9 Å². The SMILES string of the molecule is Cc1n[c]n2c1cnc1[nH]ccc12. The van der Waals surface area contributed by atoms with Crippen LogP contribution in [0.25, 0.3) is 16.7 Å².